The fraction of sp³-hybridized carbons (Fsp3) is 0.500. The van der Waals surface area contributed by atoms with E-state index in [9.17, 15) is 13.2 Å². The van der Waals surface area contributed by atoms with Crippen LogP contribution < -0.4 is 5.32 Å². The first kappa shape index (κ1) is 10.2. The van der Waals surface area contributed by atoms with Gasteiger partial charge in [-0.1, -0.05) is 6.58 Å². The van der Waals surface area contributed by atoms with Crippen LogP contribution in [-0.2, 0) is 14.6 Å². The highest BCUT2D eigenvalue weighted by Gasteiger charge is 2.16. The molecule has 11 heavy (non-hydrogen) atoms. The second-order valence-corrected chi connectivity index (χ2v) is 4.32. The molecule has 0 aliphatic heterocycles. The van der Waals surface area contributed by atoms with Gasteiger partial charge in [-0.2, -0.15) is 0 Å². The Morgan fingerprint density at radius 3 is 2.36 bits per heavy atom. The fourth-order valence-corrected chi connectivity index (χ4v) is 1.13. The second-order valence-electron chi connectivity index (χ2n) is 2.10. The molecule has 0 saturated carbocycles. The van der Waals surface area contributed by atoms with Crippen molar-refractivity contribution in [2.75, 3.05) is 0 Å². The van der Waals surface area contributed by atoms with E-state index in [0.29, 0.717) is 0 Å². The second kappa shape index (κ2) is 3.52. The molecular weight excluding hydrogens is 166 g/mol. The number of hydrogen-bond donors (Lipinski definition) is 1. The normalized spacial score (nSPS) is 13.6. The highest BCUT2D eigenvalue weighted by atomic mass is 32.2. The molecule has 0 aliphatic carbocycles. The molecule has 0 bridgehead atoms. The molecule has 5 heteroatoms. The number of hydrogen-bond acceptors (Lipinski definition) is 3. The Balaban J connectivity index is 4.37. The van der Waals surface area contributed by atoms with Crippen LogP contribution in [-0.4, -0.2) is 19.7 Å². The van der Waals surface area contributed by atoms with Crippen LogP contribution in [0.5, 0.6) is 0 Å². The van der Waals surface area contributed by atoms with Crippen molar-refractivity contribution >= 4 is 15.7 Å². The molecule has 0 rings (SSSR count). The number of amides is 1. The summed E-state index contributed by atoms with van der Waals surface area (Å²) in [6.45, 7) is 5.77. The first-order chi connectivity index (χ1) is 4.90. The van der Waals surface area contributed by atoms with Crippen LogP contribution in [0.1, 0.15) is 13.8 Å². The first-order valence-corrected chi connectivity index (χ1v) is 4.64. The fourth-order valence-electron chi connectivity index (χ4n) is 0.513. The summed E-state index contributed by atoms with van der Waals surface area (Å²) in [5, 5.41) is 2.17. The SMILES string of the molecule is C=CS(=O)(=O)C(C)NC(C)=O. The molecule has 0 aliphatic rings. The molecule has 4 nitrogen and oxygen atoms in total. The minimum absolute atomic E-state index is 0.372. The Kier molecular flexibility index (Phi) is 3.25. The number of sulfone groups is 1. The summed E-state index contributed by atoms with van der Waals surface area (Å²) in [4.78, 5) is 10.4. The molecular formula is C6H11NO3S. The van der Waals surface area contributed by atoms with Crippen molar-refractivity contribution in [1.29, 1.82) is 0 Å². The number of nitrogens with one attached hydrogen (secondary N) is 1. The smallest absolute Gasteiger partial charge is 0.217 e. The molecule has 0 aromatic heterocycles. The van der Waals surface area contributed by atoms with E-state index in [-0.39, 0.29) is 5.91 Å². The lowest BCUT2D eigenvalue weighted by Gasteiger charge is -2.09. The van der Waals surface area contributed by atoms with E-state index in [1.165, 1.54) is 13.8 Å². The Hall–Kier alpha value is -0.840. The standard InChI is InChI=1S/C6H11NO3S/c1-4-11(9,10)6(3)7-5(2)8/h4,6H,1H2,2-3H3,(H,7,8). The lowest BCUT2D eigenvalue weighted by Crippen LogP contribution is -2.35. The van der Waals surface area contributed by atoms with Crippen LogP contribution in [0.15, 0.2) is 12.0 Å². The Morgan fingerprint density at radius 2 is 2.09 bits per heavy atom. The molecule has 1 atom stereocenters. The van der Waals surface area contributed by atoms with Gasteiger partial charge in [-0.3, -0.25) is 4.79 Å². The van der Waals surface area contributed by atoms with Crippen LogP contribution in [0.2, 0.25) is 0 Å². The zero-order valence-electron chi connectivity index (χ0n) is 6.49. The highest BCUT2D eigenvalue weighted by molar-refractivity contribution is 7.94. The molecule has 1 N–H and O–H groups in total. The van der Waals surface area contributed by atoms with E-state index in [2.05, 4.69) is 11.9 Å². The van der Waals surface area contributed by atoms with Crippen molar-refractivity contribution in [2.24, 2.45) is 0 Å². The van der Waals surface area contributed by atoms with Crippen molar-refractivity contribution < 1.29 is 13.2 Å². The third-order valence-electron chi connectivity index (χ3n) is 1.13. The average Bonchev–Trinajstić information content (AvgIpc) is 1.86. The first-order valence-electron chi connectivity index (χ1n) is 3.03. The minimum Gasteiger partial charge on any atom is -0.340 e. The minimum atomic E-state index is -3.36. The van der Waals surface area contributed by atoms with Crippen molar-refractivity contribution in [2.45, 2.75) is 19.2 Å². The van der Waals surface area contributed by atoms with Crippen molar-refractivity contribution in [3.8, 4) is 0 Å². The molecule has 1 unspecified atom stereocenters. The van der Waals surface area contributed by atoms with Gasteiger partial charge in [0, 0.05) is 12.3 Å². The lowest BCUT2D eigenvalue weighted by atomic mass is 10.6. The summed E-state index contributed by atoms with van der Waals surface area (Å²) < 4.78 is 21.8. The van der Waals surface area contributed by atoms with Gasteiger partial charge in [0.25, 0.3) is 0 Å². The van der Waals surface area contributed by atoms with E-state index in [1.807, 2.05) is 0 Å². The van der Waals surface area contributed by atoms with Crippen molar-refractivity contribution in [1.82, 2.24) is 5.32 Å². The van der Waals surface area contributed by atoms with Crippen molar-refractivity contribution in [3.63, 3.8) is 0 Å². The van der Waals surface area contributed by atoms with Gasteiger partial charge in [0.15, 0.2) is 9.84 Å². The van der Waals surface area contributed by atoms with Crippen LogP contribution >= 0.6 is 0 Å². The van der Waals surface area contributed by atoms with Gasteiger partial charge in [0.1, 0.15) is 5.37 Å². The average molecular weight is 177 g/mol. The van der Waals surface area contributed by atoms with Gasteiger partial charge in [0.2, 0.25) is 5.91 Å². The van der Waals surface area contributed by atoms with Gasteiger partial charge in [-0.15, -0.1) is 0 Å². The van der Waals surface area contributed by atoms with E-state index in [0.717, 1.165) is 5.41 Å². The van der Waals surface area contributed by atoms with Gasteiger partial charge >= 0.3 is 0 Å². The molecule has 64 valence electrons. The van der Waals surface area contributed by atoms with E-state index in [4.69, 9.17) is 0 Å². The monoisotopic (exact) mass is 177 g/mol. The quantitative estimate of drug-likeness (QED) is 0.661. The van der Waals surface area contributed by atoms with Gasteiger partial charge in [-0.05, 0) is 6.92 Å². The molecule has 1 amide bonds. The maximum Gasteiger partial charge on any atom is 0.217 e. The Morgan fingerprint density at radius 1 is 1.64 bits per heavy atom. The number of rotatable bonds is 3. The number of carbonyl (C=O) groups is 1. The summed E-state index contributed by atoms with van der Waals surface area (Å²) in [6.07, 6.45) is 0. The van der Waals surface area contributed by atoms with Gasteiger partial charge < -0.3 is 5.32 Å². The topological polar surface area (TPSA) is 63.2 Å². The van der Waals surface area contributed by atoms with Gasteiger partial charge in [-0.25, -0.2) is 8.42 Å². The largest absolute Gasteiger partial charge is 0.340 e. The molecule has 0 fully saturated rings. The Bertz CT molecular complexity index is 255. The summed E-state index contributed by atoms with van der Waals surface area (Å²) >= 11 is 0. The maximum atomic E-state index is 10.9. The zero-order valence-corrected chi connectivity index (χ0v) is 7.31. The summed E-state index contributed by atoms with van der Waals surface area (Å²) in [7, 11) is -3.36. The molecule has 0 heterocycles. The maximum absolute atomic E-state index is 10.9. The predicted molar refractivity (Wildman–Crippen MR) is 42.4 cm³/mol. The highest BCUT2D eigenvalue weighted by Crippen LogP contribution is 1.97. The lowest BCUT2D eigenvalue weighted by molar-refractivity contribution is -0.119. The predicted octanol–water partition coefficient (Wildman–Crippen LogP) is 0.0268. The van der Waals surface area contributed by atoms with Crippen LogP contribution in [0.25, 0.3) is 0 Å². The van der Waals surface area contributed by atoms with Crippen LogP contribution in [0.3, 0.4) is 0 Å². The van der Waals surface area contributed by atoms with Gasteiger partial charge in [0.05, 0.1) is 0 Å². The third kappa shape index (κ3) is 3.18. The number of carbonyl (C=O) groups excluding carboxylic acids is 1. The Labute approximate surface area is 66.2 Å². The summed E-state index contributed by atoms with van der Waals surface area (Å²) in [5.74, 6) is -0.372. The van der Waals surface area contributed by atoms with E-state index in [1.54, 1.807) is 0 Å². The van der Waals surface area contributed by atoms with Crippen LogP contribution in [0, 0.1) is 0 Å². The molecule has 0 radical (unpaired) electrons. The zero-order chi connectivity index (χ0) is 9.07. The third-order valence-corrected chi connectivity index (χ3v) is 2.70. The summed E-state index contributed by atoms with van der Waals surface area (Å²) in [6, 6.07) is 0. The van der Waals surface area contributed by atoms with Crippen LogP contribution in [0.4, 0.5) is 0 Å². The molecule has 0 aromatic rings. The molecule has 0 saturated heterocycles. The summed E-state index contributed by atoms with van der Waals surface area (Å²) in [5.41, 5.74) is 0. The van der Waals surface area contributed by atoms with E-state index >= 15 is 0 Å². The molecule has 0 spiro atoms. The van der Waals surface area contributed by atoms with E-state index < -0.39 is 15.2 Å². The molecule has 0 aromatic carbocycles. The van der Waals surface area contributed by atoms with Crippen molar-refractivity contribution in [3.05, 3.63) is 12.0 Å².